The van der Waals surface area contributed by atoms with Gasteiger partial charge in [-0.3, -0.25) is 0 Å². The summed E-state index contributed by atoms with van der Waals surface area (Å²) in [5.74, 6) is 1.92. The van der Waals surface area contributed by atoms with Gasteiger partial charge in [0.15, 0.2) is 5.82 Å². The summed E-state index contributed by atoms with van der Waals surface area (Å²) in [5, 5.41) is 13.9. The van der Waals surface area contributed by atoms with Crippen LogP contribution in [0.5, 0.6) is 5.75 Å². The molecule has 0 atom stereocenters. The molecule has 84 valence electrons. The van der Waals surface area contributed by atoms with Crippen LogP contribution in [0, 0.1) is 0 Å². The molecule has 2 rings (SSSR count). The van der Waals surface area contributed by atoms with E-state index >= 15 is 0 Å². The molecule has 0 unspecified atom stereocenters. The maximum absolute atomic E-state index is 5.22. The van der Waals surface area contributed by atoms with Gasteiger partial charge in [-0.1, -0.05) is 13.8 Å². The molecule has 0 saturated carbocycles. The van der Waals surface area contributed by atoms with Gasteiger partial charge in [-0.15, -0.1) is 5.10 Å². The van der Waals surface area contributed by atoms with E-state index in [0.717, 1.165) is 16.9 Å². The van der Waals surface area contributed by atoms with Gasteiger partial charge in [0, 0.05) is 5.56 Å². The number of hydrogen-bond acceptors (Lipinski definition) is 4. The van der Waals surface area contributed by atoms with E-state index in [1.165, 1.54) is 0 Å². The van der Waals surface area contributed by atoms with Gasteiger partial charge in [0.2, 0.25) is 0 Å². The van der Waals surface area contributed by atoms with Gasteiger partial charge in [0.25, 0.3) is 0 Å². The molecule has 5 nitrogen and oxygen atoms in total. The third-order valence-electron chi connectivity index (χ3n) is 2.48. The predicted octanol–water partition coefficient (Wildman–Crippen LogP) is 2.00. The van der Waals surface area contributed by atoms with E-state index in [4.69, 9.17) is 4.74 Å². The highest BCUT2D eigenvalue weighted by molar-refractivity contribution is 5.62. The zero-order valence-electron chi connectivity index (χ0n) is 9.56. The molecule has 0 amide bonds. The molecule has 0 saturated heterocycles. The zero-order chi connectivity index (χ0) is 11.5. The fraction of sp³-hybridized carbons (Fsp3) is 0.364. The summed E-state index contributed by atoms with van der Waals surface area (Å²) in [4.78, 5) is 0. The Bertz CT molecular complexity index is 465. The average molecular weight is 218 g/mol. The monoisotopic (exact) mass is 218 g/mol. The van der Waals surface area contributed by atoms with Crippen LogP contribution in [0.2, 0.25) is 0 Å². The van der Waals surface area contributed by atoms with Crippen LogP contribution < -0.4 is 4.74 Å². The van der Waals surface area contributed by atoms with Crippen LogP contribution in [-0.4, -0.2) is 27.7 Å². The normalized spacial score (nSPS) is 10.8. The van der Waals surface area contributed by atoms with Crippen molar-refractivity contribution in [1.82, 2.24) is 20.6 Å². The molecule has 0 bridgehead atoms. The highest BCUT2D eigenvalue weighted by atomic mass is 16.5. The molecule has 1 aromatic carbocycles. The number of rotatable bonds is 3. The van der Waals surface area contributed by atoms with Crippen LogP contribution in [0.3, 0.4) is 0 Å². The van der Waals surface area contributed by atoms with E-state index in [1.807, 2.05) is 18.2 Å². The van der Waals surface area contributed by atoms with Gasteiger partial charge in [-0.2, -0.15) is 0 Å². The van der Waals surface area contributed by atoms with Crippen molar-refractivity contribution in [1.29, 1.82) is 0 Å². The Kier molecular flexibility index (Phi) is 2.85. The van der Waals surface area contributed by atoms with Crippen molar-refractivity contribution in [3.63, 3.8) is 0 Å². The molecule has 1 aromatic heterocycles. The fourth-order valence-corrected chi connectivity index (χ4v) is 1.63. The SMILES string of the molecule is COc1ccc(-c2nnn[nH]2)c(C(C)C)c1. The van der Waals surface area contributed by atoms with E-state index < -0.39 is 0 Å². The first-order chi connectivity index (χ1) is 7.72. The number of H-pyrrole nitrogens is 1. The molecule has 1 heterocycles. The third kappa shape index (κ3) is 1.88. The van der Waals surface area contributed by atoms with Gasteiger partial charge in [0.05, 0.1) is 7.11 Å². The quantitative estimate of drug-likeness (QED) is 0.855. The van der Waals surface area contributed by atoms with Crippen molar-refractivity contribution in [3.8, 4) is 17.1 Å². The van der Waals surface area contributed by atoms with Crippen molar-refractivity contribution in [2.45, 2.75) is 19.8 Å². The number of methoxy groups -OCH3 is 1. The molecule has 16 heavy (non-hydrogen) atoms. The van der Waals surface area contributed by atoms with Gasteiger partial charge in [-0.25, -0.2) is 5.10 Å². The summed E-state index contributed by atoms with van der Waals surface area (Å²) in [5.41, 5.74) is 2.18. The number of benzene rings is 1. The summed E-state index contributed by atoms with van der Waals surface area (Å²) in [6, 6.07) is 5.89. The first-order valence-electron chi connectivity index (χ1n) is 5.14. The molecule has 0 spiro atoms. The van der Waals surface area contributed by atoms with Crippen molar-refractivity contribution in [2.75, 3.05) is 7.11 Å². The van der Waals surface area contributed by atoms with E-state index in [0.29, 0.717) is 11.7 Å². The highest BCUT2D eigenvalue weighted by Crippen LogP contribution is 2.29. The van der Waals surface area contributed by atoms with Crippen LogP contribution in [0.4, 0.5) is 0 Å². The molecule has 0 fully saturated rings. The second-order valence-electron chi connectivity index (χ2n) is 3.86. The highest BCUT2D eigenvalue weighted by Gasteiger charge is 2.12. The van der Waals surface area contributed by atoms with Crippen LogP contribution >= 0.6 is 0 Å². The van der Waals surface area contributed by atoms with Crippen LogP contribution in [0.1, 0.15) is 25.3 Å². The Morgan fingerprint density at radius 3 is 2.69 bits per heavy atom. The minimum absolute atomic E-state index is 0.384. The lowest BCUT2D eigenvalue weighted by Gasteiger charge is -2.12. The molecule has 1 N–H and O–H groups in total. The molecule has 2 aromatic rings. The Balaban J connectivity index is 2.53. The minimum Gasteiger partial charge on any atom is -0.497 e. The first-order valence-corrected chi connectivity index (χ1v) is 5.14. The lowest BCUT2D eigenvalue weighted by atomic mass is 9.96. The van der Waals surface area contributed by atoms with Crippen LogP contribution in [0.15, 0.2) is 18.2 Å². The number of ether oxygens (including phenoxy) is 1. The molecule has 5 heteroatoms. The van der Waals surface area contributed by atoms with E-state index in [-0.39, 0.29) is 0 Å². The Labute approximate surface area is 93.8 Å². The van der Waals surface area contributed by atoms with Crippen LogP contribution in [0.25, 0.3) is 11.4 Å². The third-order valence-corrected chi connectivity index (χ3v) is 2.48. The lowest BCUT2D eigenvalue weighted by Crippen LogP contribution is -1.95. The predicted molar refractivity (Wildman–Crippen MR) is 60.3 cm³/mol. The average Bonchev–Trinajstić information content (AvgIpc) is 2.81. The fourth-order valence-electron chi connectivity index (χ4n) is 1.63. The molecular formula is C11H14N4O. The summed E-state index contributed by atoms with van der Waals surface area (Å²) < 4.78 is 5.22. The van der Waals surface area contributed by atoms with Crippen molar-refractivity contribution >= 4 is 0 Å². The van der Waals surface area contributed by atoms with Gasteiger partial charge >= 0.3 is 0 Å². The summed E-state index contributed by atoms with van der Waals surface area (Å²) in [6.45, 7) is 4.25. The smallest absolute Gasteiger partial charge is 0.179 e. The number of hydrogen-bond donors (Lipinski definition) is 1. The van der Waals surface area contributed by atoms with Gasteiger partial charge in [0.1, 0.15) is 5.75 Å². The second kappa shape index (κ2) is 4.30. The summed E-state index contributed by atoms with van der Waals surface area (Å²) in [7, 11) is 1.66. The summed E-state index contributed by atoms with van der Waals surface area (Å²) >= 11 is 0. The topological polar surface area (TPSA) is 63.7 Å². The lowest BCUT2D eigenvalue weighted by molar-refractivity contribution is 0.414. The summed E-state index contributed by atoms with van der Waals surface area (Å²) in [6.07, 6.45) is 0. The standard InChI is InChI=1S/C11H14N4O/c1-7(2)10-6-8(16-3)4-5-9(10)11-12-14-15-13-11/h4-7H,1-3H3,(H,12,13,14,15). The Morgan fingerprint density at radius 2 is 2.12 bits per heavy atom. The van der Waals surface area contributed by atoms with E-state index in [1.54, 1.807) is 7.11 Å². The first kappa shape index (κ1) is 10.6. The second-order valence-corrected chi connectivity index (χ2v) is 3.86. The molecular weight excluding hydrogens is 204 g/mol. The maximum Gasteiger partial charge on any atom is 0.179 e. The number of aromatic nitrogens is 4. The molecule has 0 radical (unpaired) electrons. The number of nitrogens with one attached hydrogen (secondary N) is 1. The minimum atomic E-state index is 0.384. The Hall–Kier alpha value is -1.91. The molecule has 0 aliphatic heterocycles. The van der Waals surface area contributed by atoms with Crippen molar-refractivity contribution in [3.05, 3.63) is 23.8 Å². The van der Waals surface area contributed by atoms with Crippen LogP contribution in [-0.2, 0) is 0 Å². The number of nitrogens with zero attached hydrogens (tertiary/aromatic N) is 3. The van der Waals surface area contributed by atoms with E-state index in [2.05, 4.69) is 34.5 Å². The van der Waals surface area contributed by atoms with Gasteiger partial charge in [-0.05, 0) is 40.1 Å². The largest absolute Gasteiger partial charge is 0.497 e. The number of tetrazole rings is 1. The van der Waals surface area contributed by atoms with Crippen molar-refractivity contribution < 1.29 is 4.74 Å². The zero-order valence-corrected chi connectivity index (χ0v) is 9.56. The Morgan fingerprint density at radius 1 is 1.31 bits per heavy atom. The maximum atomic E-state index is 5.22. The van der Waals surface area contributed by atoms with Gasteiger partial charge < -0.3 is 4.74 Å². The molecule has 0 aliphatic rings. The van der Waals surface area contributed by atoms with E-state index in [9.17, 15) is 0 Å². The van der Waals surface area contributed by atoms with Crippen molar-refractivity contribution in [2.24, 2.45) is 0 Å². The number of aromatic amines is 1. The molecule has 0 aliphatic carbocycles.